The molecule has 27 heavy (non-hydrogen) atoms. The van der Waals surface area contributed by atoms with E-state index < -0.39 is 17.8 Å². The minimum Gasteiger partial charge on any atom is -0.388 e. The highest BCUT2D eigenvalue weighted by atomic mass is 35.5. The van der Waals surface area contributed by atoms with Crippen LogP contribution >= 0.6 is 11.6 Å². The topological polar surface area (TPSA) is 76.8 Å². The quantitative estimate of drug-likeness (QED) is 0.686. The molecule has 2 unspecified atom stereocenters. The molecule has 2 aromatic rings. The van der Waals surface area contributed by atoms with Crippen LogP contribution in [0, 0.1) is 5.82 Å². The lowest BCUT2D eigenvalue weighted by Gasteiger charge is -2.33. The highest BCUT2D eigenvalue weighted by Crippen LogP contribution is 2.31. The number of nitrogens with zero attached hydrogens (tertiary/aromatic N) is 4. The molecule has 3 N–H and O–H groups in total. The first kappa shape index (κ1) is 18.5. The van der Waals surface area contributed by atoms with E-state index in [9.17, 15) is 14.6 Å². The number of nitrogens with one attached hydrogen (secondary N) is 1. The Kier molecular flexibility index (Phi) is 4.75. The molecule has 3 heterocycles. The Labute approximate surface area is 161 Å². The lowest BCUT2D eigenvalue weighted by atomic mass is 10.1. The van der Waals surface area contributed by atoms with Crippen molar-refractivity contribution < 1.29 is 14.6 Å². The third-order valence-corrected chi connectivity index (χ3v) is 5.52. The Morgan fingerprint density at radius 3 is 2.85 bits per heavy atom. The van der Waals surface area contributed by atoms with E-state index >= 15 is 0 Å². The van der Waals surface area contributed by atoms with Gasteiger partial charge in [0.15, 0.2) is 6.35 Å². The van der Waals surface area contributed by atoms with Gasteiger partial charge in [-0.25, -0.2) is 4.39 Å². The number of aromatic nitrogens is 2. The predicted molar refractivity (Wildman–Crippen MR) is 101 cm³/mol. The van der Waals surface area contributed by atoms with Gasteiger partial charge in [0.1, 0.15) is 5.82 Å². The smallest absolute Gasteiger partial charge is 0.184 e. The van der Waals surface area contributed by atoms with Gasteiger partial charge in [0.2, 0.25) is 0 Å². The van der Waals surface area contributed by atoms with Crippen molar-refractivity contribution in [2.75, 3.05) is 29.9 Å². The minimum absolute atomic E-state index is 0.00675. The van der Waals surface area contributed by atoms with E-state index in [1.807, 2.05) is 22.7 Å². The molecule has 146 valence electrons. The zero-order valence-electron chi connectivity index (χ0n) is 15.1. The van der Waals surface area contributed by atoms with Crippen LogP contribution in [0.4, 0.5) is 15.8 Å². The Bertz CT molecular complexity index is 843. The highest BCUT2D eigenvalue weighted by molar-refractivity contribution is 6.31. The lowest BCUT2D eigenvalue weighted by Crippen LogP contribution is -2.45. The van der Waals surface area contributed by atoms with Crippen molar-refractivity contribution in [1.82, 2.24) is 14.7 Å². The molecule has 1 saturated heterocycles. The lowest BCUT2D eigenvalue weighted by molar-refractivity contribution is 0.00642. The first-order valence-electron chi connectivity index (χ1n) is 8.98. The summed E-state index contributed by atoms with van der Waals surface area (Å²) in [7, 11) is 0. The largest absolute Gasteiger partial charge is 0.388 e. The van der Waals surface area contributed by atoms with E-state index in [-0.39, 0.29) is 5.02 Å². The molecule has 0 saturated carbocycles. The summed E-state index contributed by atoms with van der Waals surface area (Å²) < 4.78 is 15.2. The number of fused-ring (bicyclic) bond motifs is 1. The SMILES string of the molecule is CC1(O)CCN(c2cnn3c2CN(C(O)Nc2ccc(F)c(Cl)c2)CC3)C1. The molecule has 0 radical (unpaired) electrons. The monoisotopic (exact) mass is 395 g/mol. The highest BCUT2D eigenvalue weighted by Gasteiger charge is 2.34. The van der Waals surface area contributed by atoms with Crippen LogP contribution in [0.1, 0.15) is 19.0 Å². The number of halogens is 2. The van der Waals surface area contributed by atoms with Crippen molar-refractivity contribution >= 4 is 23.0 Å². The molecule has 9 heteroatoms. The molecule has 4 rings (SSSR count). The van der Waals surface area contributed by atoms with Crippen LogP contribution < -0.4 is 10.2 Å². The second-order valence-corrected chi connectivity index (χ2v) is 7.89. The van der Waals surface area contributed by atoms with Crippen LogP contribution in [0.25, 0.3) is 0 Å². The number of aliphatic hydroxyl groups excluding tert-OH is 1. The molecule has 2 aliphatic rings. The number of rotatable bonds is 4. The van der Waals surface area contributed by atoms with Gasteiger partial charge in [-0.3, -0.25) is 9.58 Å². The second kappa shape index (κ2) is 6.94. The van der Waals surface area contributed by atoms with Gasteiger partial charge in [0, 0.05) is 31.9 Å². The van der Waals surface area contributed by atoms with Gasteiger partial charge in [-0.1, -0.05) is 11.6 Å². The average molecular weight is 396 g/mol. The minimum atomic E-state index is -0.940. The van der Waals surface area contributed by atoms with Gasteiger partial charge < -0.3 is 20.4 Å². The number of hydrogen-bond donors (Lipinski definition) is 3. The fourth-order valence-corrected chi connectivity index (χ4v) is 3.88. The van der Waals surface area contributed by atoms with E-state index in [0.29, 0.717) is 31.9 Å². The van der Waals surface area contributed by atoms with Crippen molar-refractivity contribution in [1.29, 1.82) is 0 Å². The number of aliphatic hydroxyl groups is 2. The van der Waals surface area contributed by atoms with E-state index in [0.717, 1.165) is 24.3 Å². The maximum atomic E-state index is 13.3. The summed E-state index contributed by atoms with van der Waals surface area (Å²) >= 11 is 5.80. The summed E-state index contributed by atoms with van der Waals surface area (Å²) in [6, 6.07) is 4.25. The molecular weight excluding hydrogens is 373 g/mol. The third kappa shape index (κ3) is 3.75. The van der Waals surface area contributed by atoms with Crippen molar-refractivity contribution in [3.8, 4) is 0 Å². The molecule has 0 aliphatic carbocycles. The molecule has 1 aromatic carbocycles. The van der Waals surface area contributed by atoms with Crippen LogP contribution in [-0.2, 0) is 13.1 Å². The Morgan fingerprint density at radius 2 is 2.15 bits per heavy atom. The van der Waals surface area contributed by atoms with E-state index in [4.69, 9.17) is 11.6 Å². The number of benzene rings is 1. The third-order valence-electron chi connectivity index (χ3n) is 5.23. The molecule has 0 amide bonds. The van der Waals surface area contributed by atoms with E-state index in [1.165, 1.54) is 18.2 Å². The molecule has 7 nitrogen and oxygen atoms in total. The second-order valence-electron chi connectivity index (χ2n) is 7.49. The van der Waals surface area contributed by atoms with Gasteiger partial charge in [-0.2, -0.15) is 5.10 Å². The standard InChI is InChI=1S/C18H23ClFN5O2/c1-18(27)4-5-24(11-18)15-9-21-25-7-6-23(10-16(15)25)17(26)22-12-2-3-14(20)13(19)8-12/h2-3,8-9,17,22,26-27H,4-7,10-11H2,1H3. The van der Waals surface area contributed by atoms with Crippen molar-refractivity contribution in [2.45, 2.75) is 38.4 Å². The van der Waals surface area contributed by atoms with Crippen LogP contribution in [0.5, 0.6) is 0 Å². The zero-order chi connectivity index (χ0) is 19.2. The molecule has 2 aliphatic heterocycles. The zero-order valence-corrected chi connectivity index (χ0v) is 15.8. The van der Waals surface area contributed by atoms with Crippen LogP contribution in [-0.4, -0.2) is 56.5 Å². The Balaban J connectivity index is 1.47. The van der Waals surface area contributed by atoms with Crippen molar-refractivity contribution in [2.24, 2.45) is 0 Å². The van der Waals surface area contributed by atoms with Gasteiger partial charge >= 0.3 is 0 Å². The van der Waals surface area contributed by atoms with Crippen molar-refractivity contribution in [3.05, 3.63) is 40.9 Å². The number of anilines is 2. The summed E-state index contributed by atoms with van der Waals surface area (Å²) in [5, 5.41) is 28.2. The molecular formula is C18H23ClFN5O2. The van der Waals surface area contributed by atoms with Crippen LogP contribution in [0.3, 0.4) is 0 Å². The van der Waals surface area contributed by atoms with E-state index in [2.05, 4.69) is 15.3 Å². The van der Waals surface area contributed by atoms with Gasteiger partial charge in [0.05, 0.1) is 34.7 Å². The van der Waals surface area contributed by atoms with Gasteiger partial charge in [0.25, 0.3) is 0 Å². The maximum absolute atomic E-state index is 13.3. The molecule has 0 spiro atoms. The van der Waals surface area contributed by atoms with Gasteiger partial charge in [-0.05, 0) is 31.5 Å². The van der Waals surface area contributed by atoms with Gasteiger partial charge in [-0.15, -0.1) is 0 Å². The fourth-order valence-electron chi connectivity index (χ4n) is 3.70. The fraction of sp³-hybridized carbons (Fsp3) is 0.500. The van der Waals surface area contributed by atoms with Crippen LogP contribution in [0.15, 0.2) is 24.4 Å². The molecule has 2 atom stereocenters. The van der Waals surface area contributed by atoms with Crippen molar-refractivity contribution in [3.63, 3.8) is 0 Å². The number of hydrogen-bond acceptors (Lipinski definition) is 6. The summed E-state index contributed by atoms with van der Waals surface area (Å²) in [6.07, 6.45) is 1.61. The molecule has 1 fully saturated rings. The molecule has 1 aromatic heterocycles. The van der Waals surface area contributed by atoms with Crippen LogP contribution in [0.2, 0.25) is 5.02 Å². The Hall–Kier alpha value is -1.87. The number of β-amino-alcohol motifs (C(OH)–C–C–N with tert-alkyl or cyclic N) is 1. The Morgan fingerprint density at radius 1 is 1.33 bits per heavy atom. The summed E-state index contributed by atoms with van der Waals surface area (Å²) in [4.78, 5) is 4.02. The average Bonchev–Trinajstić information content (AvgIpc) is 3.20. The predicted octanol–water partition coefficient (Wildman–Crippen LogP) is 1.84. The first-order chi connectivity index (χ1) is 12.8. The summed E-state index contributed by atoms with van der Waals surface area (Å²) in [6.45, 7) is 4.98. The summed E-state index contributed by atoms with van der Waals surface area (Å²) in [5.41, 5.74) is 1.86. The normalized spacial score (nSPS) is 24.1. The van der Waals surface area contributed by atoms with E-state index in [1.54, 1.807) is 0 Å². The molecule has 0 bridgehead atoms. The first-order valence-corrected chi connectivity index (χ1v) is 9.36. The summed E-state index contributed by atoms with van der Waals surface area (Å²) in [5.74, 6) is -0.496. The maximum Gasteiger partial charge on any atom is 0.184 e.